The monoisotopic (exact) mass is 392 g/mol. The molecular formula is C24H21ClO3. The molecule has 1 aromatic heterocycles. The van der Waals surface area contributed by atoms with Crippen LogP contribution in [0.25, 0.3) is 22.3 Å². The van der Waals surface area contributed by atoms with Gasteiger partial charge in [-0.2, -0.15) is 0 Å². The molecule has 4 rings (SSSR count). The molecular weight excluding hydrogens is 372 g/mol. The summed E-state index contributed by atoms with van der Waals surface area (Å²) in [6.45, 7) is 0.783. The number of halogens is 1. The van der Waals surface area contributed by atoms with Crippen LogP contribution < -0.4 is 4.74 Å². The molecule has 0 N–H and O–H groups in total. The van der Waals surface area contributed by atoms with Gasteiger partial charge in [-0.05, 0) is 66.9 Å². The fourth-order valence-electron chi connectivity index (χ4n) is 3.12. The summed E-state index contributed by atoms with van der Waals surface area (Å²) in [4.78, 5) is 0. The Balaban J connectivity index is 1.52. The Kier molecular flexibility index (Phi) is 5.65. The molecule has 0 aliphatic rings. The van der Waals surface area contributed by atoms with E-state index in [1.807, 2.05) is 48.5 Å². The Morgan fingerprint density at radius 2 is 1.61 bits per heavy atom. The average Bonchev–Trinajstić information content (AvgIpc) is 3.14. The lowest BCUT2D eigenvalue weighted by atomic mass is 10.1. The Morgan fingerprint density at radius 1 is 0.857 bits per heavy atom. The molecule has 0 aliphatic heterocycles. The predicted octanol–water partition coefficient (Wildman–Crippen LogP) is 7.12. The van der Waals surface area contributed by atoms with Crippen molar-refractivity contribution in [1.29, 1.82) is 0 Å². The highest BCUT2D eigenvalue weighted by atomic mass is 35.5. The summed E-state index contributed by atoms with van der Waals surface area (Å²) >= 11 is 5.92. The first-order valence-corrected chi connectivity index (χ1v) is 9.64. The smallest absolute Gasteiger partial charge is 0.135 e. The van der Waals surface area contributed by atoms with Crippen LogP contribution in [-0.2, 0) is 11.2 Å². The Bertz CT molecular complexity index is 1050. The predicted molar refractivity (Wildman–Crippen MR) is 113 cm³/mol. The third-order valence-electron chi connectivity index (χ3n) is 4.59. The van der Waals surface area contributed by atoms with Crippen LogP contribution in [0, 0.1) is 0 Å². The number of aryl methyl sites for hydroxylation is 1. The highest BCUT2D eigenvalue weighted by molar-refractivity contribution is 6.30. The summed E-state index contributed by atoms with van der Waals surface area (Å²) in [5.41, 5.74) is 3.20. The molecule has 0 amide bonds. The van der Waals surface area contributed by atoms with Crippen molar-refractivity contribution in [3.05, 3.63) is 83.4 Å². The fourth-order valence-corrected chi connectivity index (χ4v) is 3.25. The van der Waals surface area contributed by atoms with Crippen LogP contribution in [0.15, 0.2) is 77.2 Å². The first-order chi connectivity index (χ1) is 13.7. The van der Waals surface area contributed by atoms with Gasteiger partial charge in [0.15, 0.2) is 0 Å². The van der Waals surface area contributed by atoms with Gasteiger partial charge in [-0.3, -0.25) is 0 Å². The molecule has 142 valence electrons. The van der Waals surface area contributed by atoms with Gasteiger partial charge in [-0.25, -0.2) is 0 Å². The molecule has 0 atom stereocenters. The zero-order valence-corrected chi connectivity index (χ0v) is 16.4. The molecule has 28 heavy (non-hydrogen) atoms. The number of rotatable bonds is 7. The van der Waals surface area contributed by atoms with E-state index in [2.05, 4.69) is 24.3 Å². The summed E-state index contributed by atoms with van der Waals surface area (Å²) in [7, 11) is 1.73. The normalized spacial score (nSPS) is 11.1. The second kappa shape index (κ2) is 8.51. The van der Waals surface area contributed by atoms with Crippen LogP contribution in [0.4, 0.5) is 0 Å². The molecule has 0 fully saturated rings. The largest absolute Gasteiger partial charge is 0.457 e. The van der Waals surface area contributed by atoms with E-state index in [4.69, 9.17) is 25.5 Å². The van der Waals surface area contributed by atoms with Crippen LogP contribution in [0.3, 0.4) is 0 Å². The van der Waals surface area contributed by atoms with E-state index < -0.39 is 0 Å². The van der Waals surface area contributed by atoms with Crippen LogP contribution in [0.2, 0.25) is 5.02 Å². The van der Waals surface area contributed by atoms with Gasteiger partial charge < -0.3 is 13.9 Å². The molecule has 0 spiro atoms. The van der Waals surface area contributed by atoms with Crippen LogP contribution in [-0.4, -0.2) is 13.7 Å². The lowest BCUT2D eigenvalue weighted by molar-refractivity contribution is 0.195. The van der Waals surface area contributed by atoms with Crippen molar-refractivity contribution in [2.45, 2.75) is 12.8 Å². The molecule has 0 saturated heterocycles. The summed E-state index contributed by atoms with van der Waals surface area (Å²) in [5, 5.41) is 1.69. The van der Waals surface area contributed by atoms with E-state index in [1.165, 1.54) is 5.56 Å². The molecule has 0 aliphatic carbocycles. The molecule has 3 aromatic carbocycles. The first-order valence-electron chi connectivity index (χ1n) is 9.26. The van der Waals surface area contributed by atoms with Crippen LogP contribution in [0.5, 0.6) is 11.5 Å². The van der Waals surface area contributed by atoms with Gasteiger partial charge in [-0.1, -0.05) is 35.9 Å². The highest BCUT2D eigenvalue weighted by Crippen LogP contribution is 2.32. The molecule has 1 heterocycles. The minimum absolute atomic E-state index is 0.687. The van der Waals surface area contributed by atoms with E-state index in [1.54, 1.807) is 7.11 Å². The number of benzene rings is 3. The summed E-state index contributed by atoms with van der Waals surface area (Å²) < 4.78 is 17.0. The topological polar surface area (TPSA) is 31.6 Å². The lowest BCUT2D eigenvalue weighted by Crippen LogP contribution is -1.92. The third-order valence-corrected chi connectivity index (χ3v) is 4.84. The summed E-state index contributed by atoms with van der Waals surface area (Å²) in [6, 6.07) is 23.7. The number of ether oxygens (including phenoxy) is 2. The average molecular weight is 393 g/mol. The summed E-state index contributed by atoms with van der Waals surface area (Å²) in [5.74, 6) is 2.36. The SMILES string of the molecule is COCCCc1ccc(-c2cc3cc(Oc4ccc(Cl)cc4)ccc3o2)cc1. The van der Waals surface area contributed by atoms with E-state index in [9.17, 15) is 0 Å². The molecule has 4 heteroatoms. The number of fused-ring (bicyclic) bond motifs is 1. The van der Waals surface area contributed by atoms with Crippen molar-refractivity contribution >= 4 is 22.6 Å². The quantitative estimate of drug-likeness (QED) is 0.313. The van der Waals surface area contributed by atoms with Crippen molar-refractivity contribution in [3.63, 3.8) is 0 Å². The van der Waals surface area contributed by atoms with Gasteiger partial charge in [0.1, 0.15) is 22.8 Å². The van der Waals surface area contributed by atoms with E-state index >= 15 is 0 Å². The standard InChI is InChI=1S/C24H21ClO3/c1-26-14-2-3-17-4-6-18(7-5-17)24-16-19-15-22(12-13-23(19)28-24)27-21-10-8-20(25)9-11-21/h4-13,15-16H,2-3,14H2,1H3. The van der Waals surface area contributed by atoms with Gasteiger partial charge in [0.05, 0.1) is 0 Å². The third kappa shape index (κ3) is 4.38. The van der Waals surface area contributed by atoms with Crippen LogP contribution in [0.1, 0.15) is 12.0 Å². The Labute approximate surface area is 169 Å². The molecule has 3 nitrogen and oxygen atoms in total. The number of hydrogen-bond donors (Lipinski definition) is 0. The fraction of sp³-hybridized carbons (Fsp3) is 0.167. The molecule has 0 bridgehead atoms. The van der Waals surface area contributed by atoms with Crippen molar-refractivity contribution in [3.8, 4) is 22.8 Å². The molecule has 0 radical (unpaired) electrons. The van der Waals surface area contributed by atoms with Gasteiger partial charge >= 0.3 is 0 Å². The number of hydrogen-bond acceptors (Lipinski definition) is 3. The molecule has 4 aromatic rings. The first kappa shape index (κ1) is 18.6. The lowest BCUT2D eigenvalue weighted by Gasteiger charge is -2.05. The maximum Gasteiger partial charge on any atom is 0.135 e. The van der Waals surface area contributed by atoms with Gasteiger partial charge in [0.25, 0.3) is 0 Å². The van der Waals surface area contributed by atoms with E-state index in [0.29, 0.717) is 5.02 Å². The van der Waals surface area contributed by atoms with Gasteiger partial charge in [-0.15, -0.1) is 0 Å². The van der Waals surface area contributed by atoms with Crippen molar-refractivity contribution in [1.82, 2.24) is 0 Å². The second-order valence-corrected chi connectivity index (χ2v) is 7.10. The van der Waals surface area contributed by atoms with Gasteiger partial charge in [0.2, 0.25) is 0 Å². The van der Waals surface area contributed by atoms with E-state index in [-0.39, 0.29) is 0 Å². The number of furan rings is 1. The maximum atomic E-state index is 6.02. The summed E-state index contributed by atoms with van der Waals surface area (Å²) in [6.07, 6.45) is 2.04. The Hall–Kier alpha value is -2.75. The zero-order chi connectivity index (χ0) is 19.3. The zero-order valence-electron chi connectivity index (χ0n) is 15.7. The van der Waals surface area contributed by atoms with E-state index in [0.717, 1.165) is 53.2 Å². The molecule has 0 saturated carbocycles. The maximum absolute atomic E-state index is 6.02. The van der Waals surface area contributed by atoms with Crippen LogP contribution >= 0.6 is 11.6 Å². The van der Waals surface area contributed by atoms with Crippen molar-refractivity contribution < 1.29 is 13.9 Å². The minimum Gasteiger partial charge on any atom is -0.457 e. The second-order valence-electron chi connectivity index (χ2n) is 6.66. The minimum atomic E-state index is 0.687. The van der Waals surface area contributed by atoms with Gasteiger partial charge in [0, 0.05) is 29.7 Å². The Morgan fingerprint density at radius 3 is 2.36 bits per heavy atom. The molecule has 0 unspecified atom stereocenters. The highest BCUT2D eigenvalue weighted by Gasteiger charge is 2.08. The van der Waals surface area contributed by atoms with Crippen molar-refractivity contribution in [2.75, 3.05) is 13.7 Å². The number of methoxy groups -OCH3 is 1. The van der Waals surface area contributed by atoms with Crippen molar-refractivity contribution in [2.24, 2.45) is 0 Å².